The Labute approximate surface area is 101 Å². The number of carbonyl (C=O) groups excluding carboxylic acids is 1. The first-order chi connectivity index (χ1) is 7.77. The van der Waals surface area contributed by atoms with Crippen LogP contribution in [0.2, 0.25) is 0 Å². The van der Waals surface area contributed by atoms with E-state index in [0.29, 0.717) is 12.2 Å². The fourth-order valence-corrected chi connectivity index (χ4v) is 1.81. The molecule has 0 N–H and O–H groups in total. The second-order valence-corrected chi connectivity index (χ2v) is 4.71. The van der Waals surface area contributed by atoms with Gasteiger partial charge in [0.1, 0.15) is 6.17 Å². The predicted octanol–water partition coefficient (Wildman–Crippen LogP) is 4.07. The number of rotatable bonds is 7. The fourth-order valence-electron chi connectivity index (χ4n) is 1.07. The predicted molar refractivity (Wildman–Crippen MR) is 57.5 cm³/mol. The highest BCUT2D eigenvalue weighted by Gasteiger charge is 2.41. The van der Waals surface area contributed by atoms with Crippen molar-refractivity contribution in [1.29, 1.82) is 0 Å². The summed E-state index contributed by atoms with van der Waals surface area (Å²) in [6.45, 7) is 1.68. The molecule has 0 aliphatic rings. The van der Waals surface area contributed by atoms with Gasteiger partial charge >= 0.3 is 6.18 Å². The van der Waals surface area contributed by atoms with Crippen molar-refractivity contribution in [3.05, 3.63) is 0 Å². The van der Waals surface area contributed by atoms with E-state index in [1.807, 2.05) is 0 Å². The average molecular weight is 278 g/mol. The summed E-state index contributed by atoms with van der Waals surface area (Å²) in [5.74, 6) is 0.357. The standard InChI is InChI=1S/C10H15F5OS/c1-2-9(16)17-5-3-4-7(11)6-8(12)10(13,14)15/h7-8H,2-6H2,1H3. The maximum absolute atomic E-state index is 13.0. The lowest BCUT2D eigenvalue weighted by atomic mass is 10.1. The third kappa shape index (κ3) is 8.40. The van der Waals surface area contributed by atoms with Crippen molar-refractivity contribution >= 4 is 16.9 Å². The molecule has 0 bridgehead atoms. The molecule has 0 spiro atoms. The largest absolute Gasteiger partial charge is 0.419 e. The minimum atomic E-state index is -4.99. The second-order valence-electron chi connectivity index (χ2n) is 3.56. The molecule has 0 saturated carbocycles. The molecule has 17 heavy (non-hydrogen) atoms. The average Bonchev–Trinajstić information content (AvgIpc) is 2.22. The molecule has 0 aromatic rings. The van der Waals surface area contributed by atoms with E-state index in [4.69, 9.17) is 0 Å². The molecule has 0 aliphatic heterocycles. The third-order valence-electron chi connectivity index (χ3n) is 2.03. The summed E-state index contributed by atoms with van der Waals surface area (Å²) < 4.78 is 60.7. The molecule has 0 amide bonds. The van der Waals surface area contributed by atoms with E-state index in [1.165, 1.54) is 0 Å². The van der Waals surface area contributed by atoms with Gasteiger partial charge in [-0.2, -0.15) is 13.2 Å². The Morgan fingerprint density at radius 2 is 1.88 bits per heavy atom. The van der Waals surface area contributed by atoms with Crippen molar-refractivity contribution in [2.75, 3.05) is 5.75 Å². The number of alkyl halides is 5. The van der Waals surface area contributed by atoms with Gasteiger partial charge in [0.15, 0.2) is 11.3 Å². The van der Waals surface area contributed by atoms with Crippen molar-refractivity contribution in [3.63, 3.8) is 0 Å². The Bertz CT molecular complexity index is 231. The van der Waals surface area contributed by atoms with Gasteiger partial charge in [0.05, 0.1) is 0 Å². The minimum Gasteiger partial charge on any atom is -0.287 e. The topological polar surface area (TPSA) is 17.1 Å². The Hall–Kier alpha value is -0.330. The van der Waals surface area contributed by atoms with Crippen LogP contribution in [0, 0.1) is 0 Å². The van der Waals surface area contributed by atoms with E-state index in [0.717, 1.165) is 11.8 Å². The summed E-state index contributed by atoms with van der Waals surface area (Å²) in [5.41, 5.74) is 0. The van der Waals surface area contributed by atoms with Crippen LogP contribution in [0.25, 0.3) is 0 Å². The Morgan fingerprint density at radius 1 is 1.29 bits per heavy atom. The maximum atomic E-state index is 13.0. The fraction of sp³-hybridized carbons (Fsp3) is 0.900. The molecular weight excluding hydrogens is 263 g/mol. The molecule has 7 heteroatoms. The Balaban J connectivity index is 3.66. The summed E-state index contributed by atoms with van der Waals surface area (Å²) in [6.07, 6.45) is -10.6. The van der Waals surface area contributed by atoms with E-state index in [-0.39, 0.29) is 18.0 Å². The van der Waals surface area contributed by atoms with Gasteiger partial charge in [-0.25, -0.2) is 8.78 Å². The van der Waals surface area contributed by atoms with Crippen LogP contribution in [0.4, 0.5) is 22.0 Å². The zero-order valence-electron chi connectivity index (χ0n) is 9.40. The molecule has 0 fully saturated rings. The second kappa shape index (κ2) is 7.89. The highest BCUT2D eigenvalue weighted by Crippen LogP contribution is 2.28. The molecule has 0 rings (SSSR count). The van der Waals surface area contributed by atoms with Crippen LogP contribution in [0.1, 0.15) is 32.6 Å². The zero-order valence-corrected chi connectivity index (χ0v) is 10.2. The van der Waals surface area contributed by atoms with E-state index in [1.54, 1.807) is 6.92 Å². The first kappa shape index (κ1) is 16.7. The number of hydrogen-bond donors (Lipinski definition) is 0. The molecule has 102 valence electrons. The van der Waals surface area contributed by atoms with Crippen LogP contribution in [0.5, 0.6) is 0 Å². The van der Waals surface area contributed by atoms with Crippen molar-refractivity contribution in [1.82, 2.24) is 0 Å². The normalized spacial score (nSPS) is 15.6. The Kier molecular flexibility index (Phi) is 7.74. The Morgan fingerprint density at radius 3 is 2.35 bits per heavy atom. The molecular formula is C10H15F5OS. The van der Waals surface area contributed by atoms with Crippen molar-refractivity contribution < 1.29 is 26.7 Å². The first-order valence-electron chi connectivity index (χ1n) is 5.27. The number of hydrogen-bond acceptors (Lipinski definition) is 2. The summed E-state index contributed by atoms with van der Waals surface area (Å²) >= 11 is 1.02. The first-order valence-corrected chi connectivity index (χ1v) is 6.26. The highest BCUT2D eigenvalue weighted by atomic mass is 32.2. The molecule has 0 radical (unpaired) electrons. The third-order valence-corrected chi connectivity index (χ3v) is 3.13. The molecule has 0 heterocycles. The minimum absolute atomic E-state index is 0.0425. The van der Waals surface area contributed by atoms with E-state index in [9.17, 15) is 26.7 Å². The highest BCUT2D eigenvalue weighted by molar-refractivity contribution is 8.13. The summed E-state index contributed by atoms with van der Waals surface area (Å²) in [5, 5.41) is -0.0425. The van der Waals surface area contributed by atoms with Crippen LogP contribution in [0.15, 0.2) is 0 Å². The molecule has 0 aromatic heterocycles. The number of carbonyl (C=O) groups is 1. The van der Waals surface area contributed by atoms with Crippen LogP contribution in [-0.4, -0.2) is 29.4 Å². The van der Waals surface area contributed by atoms with Gasteiger partial charge in [-0.1, -0.05) is 18.7 Å². The monoisotopic (exact) mass is 278 g/mol. The van der Waals surface area contributed by atoms with Crippen LogP contribution < -0.4 is 0 Å². The zero-order chi connectivity index (χ0) is 13.5. The van der Waals surface area contributed by atoms with Crippen molar-refractivity contribution in [2.24, 2.45) is 0 Å². The summed E-state index contributed by atoms with van der Waals surface area (Å²) in [4.78, 5) is 10.8. The maximum Gasteiger partial charge on any atom is 0.419 e. The SMILES string of the molecule is CCC(=O)SCCCC(F)CC(F)C(F)(F)F. The quantitative estimate of drug-likeness (QED) is 0.516. The molecule has 0 aromatic carbocycles. The van der Waals surface area contributed by atoms with Gasteiger partial charge < -0.3 is 0 Å². The van der Waals surface area contributed by atoms with Crippen molar-refractivity contribution in [2.45, 2.75) is 51.1 Å². The van der Waals surface area contributed by atoms with Gasteiger partial charge in [-0.05, 0) is 12.8 Å². The number of halogens is 5. The lowest BCUT2D eigenvalue weighted by molar-refractivity contribution is -0.185. The van der Waals surface area contributed by atoms with Crippen LogP contribution >= 0.6 is 11.8 Å². The molecule has 0 saturated heterocycles. The van der Waals surface area contributed by atoms with Gasteiger partial charge in [0.2, 0.25) is 0 Å². The molecule has 1 nitrogen and oxygen atoms in total. The lowest BCUT2D eigenvalue weighted by Crippen LogP contribution is -2.27. The van der Waals surface area contributed by atoms with Gasteiger partial charge in [-0.3, -0.25) is 4.79 Å². The summed E-state index contributed by atoms with van der Waals surface area (Å²) in [6, 6.07) is 0. The van der Waals surface area contributed by atoms with Crippen LogP contribution in [0.3, 0.4) is 0 Å². The van der Waals surface area contributed by atoms with Crippen LogP contribution in [-0.2, 0) is 4.79 Å². The number of thioether (sulfide) groups is 1. The molecule has 0 aliphatic carbocycles. The molecule has 2 atom stereocenters. The molecule has 2 unspecified atom stereocenters. The van der Waals surface area contributed by atoms with Gasteiger partial charge in [0.25, 0.3) is 0 Å². The smallest absolute Gasteiger partial charge is 0.287 e. The summed E-state index contributed by atoms with van der Waals surface area (Å²) in [7, 11) is 0. The van der Waals surface area contributed by atoms with Crippen molar-refractivity contribution in [3.8, 4) is 0 Å². The lowest BCUT2D eigenvalue weighted by Gasteiger charge is -2.14. The van der Waals surface area contributed by atoms with Gasteiger partial charge in [-0.15, -0.1) is 0 Å². The van der Waals surface area contributed by atoms with E-state index < -0.39 is 24.9 Å². The van der Waals surface area contributed by atoms with E-state index in [2.05, 4.69) is 0 Å². The van der Waals surface area contributed by atoms with Gasteiger partial charge in [0, 0.05) is 18.6 Å². The van der Waals surface area contributed by atoms with E-state index >= 15 is 0 Å².